The molecule has 2 nitrogen and oxygen atoms in total. The van der Waals surface area contributed by atoms with E-state index in [1.807, 2.05) is 0 Å². The van der Waals surface area contributed by atoms with E-state index in [1.165, 1.54) is 24.3 Å². The van der Waals surface area contributed by atoms with Crippen LogP contribution in [0.15, 0.2) is 36.4 Å². The van der Waals surface area contributed by atoms with Gasteiger partial charge in [-0.25, -0.2) is 4.39 Å². The lowest BCUT2D eigenvalue weighted by atomic mass is 10.3. The molecule has 16 heavy (non-hydrogen) atoms. The highest BCUT2D eigenvalue weighted by Gasteiger charge is 2.04. The molecule has 1 N–H and O–H groups in total. The molecular formula is C12H7ClFO2. The SMILES string of the molecule is Oc1ccc(Oc2ccc(F)[c]c2Cl)cc1. The lowest BCUT2D eigenvalue weighted by Crippen LogP contribution is -1.86. The highest BCUT2D eigenvalue weighted by Crippen LogP contribution is 2.29. The molecule has 0 unspecified atom stereocenters. The maximum Gasteiger partial charge on any atom is 0.146 e. The second-order valence-electron chi connectivity index (χ2n) is 3.08. The molecule has 2 rings (SSSR count). The van der Waals surface area contributed by atoms with Gasteiger partial charge in [0.1, 0.15) is 23.1 Å². The van der Waals surface area contributed by atoms with Crippen molar-refractivity contribution in [3.63, 3.8) is 0 Å². The summed E-state index contributed by atoms with van der Waals surface area (Å²) in [5.41, 5.74) is 0. The van der Waals surface area contributed by atoms with Gasteiger partial charge >= 0.3 is 0 Å². The maximum atomic E-state index is 12.7. The van der Waals surface area contributed by atoms with Crippen molar-refractivity contribution in [2.45, 2.75) is 0 Å². The van der Waals surface area contributed by atoms with Crippen LogP contribution in [-0.4, -0.2) is 5.11 Å². The molecule has 2 aromatic carbocycles. The van der Waals surface area contributed by atoms with Gasteiger partial charge in [-0.3, -0.25) is 0 Å². The molecule has 0 aliphatic carbocycles. The van der Waals surface area contributed by atoms with Gasteiger partial charge in [-0.15, -0.1) is 0 Å². The Hall–Kier alpha value is -1.74. The summed E-state index contributed by atoms with van der Waals surface area (Å²) in [5, 5.41) is 9.15. The van der Waals surface area contributed by atoms with Gasteiger partial charge in [0.25, 0.3) is 0 Å². The number of ether oxygens (including phenoxy) is 1. The Kier molecular flexibility index (Phi) is 2.97. The molecule has 0 spiro atoms. The van der Waals surface area contributed by atoms with E-state index in [9.17, 15) is 4.39 Å². The third-order valence-electron chi connectivity index (χ3n) is 1.89. The zero-order valence-corrected chi connectivity index (χ0v) is 8.83. The second-order valence-corrected chi connectivity index (χ2v) is 3.46. The van der Waals surface area contributed by atoms with Crippen molar-refractivity contribution in [1.82, 2.24) is 0 Å². The van der Waals surface area contributed by atoms with Crippen LogP contribution in [0.4, 0.5) is 4.39 Å². The van der Waals surface area contributed by atoms with Crippen LogP contribution in [-0.2, 0) is 0 Å². The van der Waals surface area contributed by atoms with E-state index in [1.54, 1.807) is 12.1 Å². The fourth-order valence-corrected chi connectivity index (χ4v) is 1.34. The van der Waals surface area contributed by atoms with Gasteiger partial charge in [-0.1, -0.05) is 11.6 Å². The lowest BCUT2D eigenvalue weighted by Gasteiger charge is -2.06. The summed E-state index contributed by atoms with van der Waals surface area (Å²) in [5.74, 6) is 0.417. The summed E-state index contributed by atoms with van der Waals surface area (Å²) in [6, 6.07) is 11.0. The first-order valence-electron chi connectivity index (χ1n) is 4.49. The standard InChI is InChI=1S/C12H7ClFO2/c13-11-7-8(14)1-6-12(11)16-10-4-2-9(15)3-5-10/h1-6,15H. The number of hydrogen-bond donors (Lipinski definition) is 1. The predicted octanol–water partition coefficient (Wildman–Crippen LogP) is 3.78. The van der Waals surface area contributed by atoms with Gasteiger partial charge in [0.15, 0.2) is 0 Å². The van der Waals surface area contributed by atoms with Crippen LogP contribution in [0.5, 0.6) is 17.2 Å². The Morgan fingerprint density at radius 3 is 2.44 bits per heavy atom. The molecule has 0 bridgehead atoms. The van der Waals surface area contributed by atoms with Gasteiger partial charge in [-0.05, 0) is 36.4 Å². The molecule has 4 heteroatoms. The summed E-state index contributed by atoms with van der Waals surface area (Å²) in [6.45, 7) is 0. The number of hydrogen-bond acceptors (Lipinski definition) is 2. The van der Waals surface area contributed by atoms with Crippen LogP contribution in [0.25, 0.3) is 0 Å². The van der Waals surface area contributed by atoms with Gasteiger partial charge in [0.2, 0.25) is 0 Å². The number of phenolic OH excluding ortho intramolecular Hbond substituents is 1. The summed E-state index contributed by atoms with van der Waals surface area (Å²) in [4.78, 5) is 0. The number of benzene rings is 2. The zero-order chi connectivity index (χ0) is 11.5. The van der Waals surface area contributed by atoms with E-state index in [4.69, 9.17) is 21.4 Å². The van der Waals surface area contributed by atoms with Gasteiger partial charge in [-0.2, -0.15) is 0 Å². The van der Waals surface area contributed by atoms with E-state index in [2.05, 4.69) is 6.07 Å². The Bertz CT molecular complexity index is 497. The van der Waals surface area contributed by atoms with Gasteiger partial charge in [0, 0.05) is 6.07 Å². The quantitative estimate of drug-likeness (QED) is 0.861. The molecule has 2 aromatic rings. The van der Waals surface area contributed by atoms with Crippen molar-refractivity contribution in [3.8, 4) is 17.2 Å². The molecule has 0 aliphatic rings. The minimum atomic E-state index is -0.539. The van der Waals surface area contributed by atoms with E-state index in [-0.39, 0.29) is 10.8 Å². The van der Waals surface area contributed by atoms with Crippen LogP contribution < -0.4 is 4.74 Å². The first-order valence-corrected chi connectivity index (χ1v) is 4.87. The average Bonchev–Trinajstić information content (AvgIpc) is 2.25. The number of rotatable bonds is 2. The molecule has 0 atom stereocenters. The van der Waals surface area contributed by atoms with Gasteiger partial charge in [0.05, 0.1) is 5.02 Å². The first-order chi connectivity index (χ1) is 7.65. The van der Waals surface area contributed by atoms with Crippen molar-refractivity contribution in [2.24, 2.45) is 0 Å². The monoisotopic (exact) mass is 237 g/mol. The van der Waals surface area contributed by atoms with Crippen molar-refractivity contribution in [3.05, 3.63) is 53.3 Å². The minimum Gasteiger partial charge on any atom is -0.508 e. The fourth-order valence-electron chi connectivity index (χ4n) is 1.15. The van der Waals surface area contributed by atoms with E-state index in [0.29, 0.717) is 11.5 Å². The number of phenols is 1. The fraction of sp³-hybridized carbons (Fsp3) is 0. The lowest BCUT2D eigenvalue weighted by molar-refractivity contribution is 0.464. The average molecular weight is 238 g/mol. The summed E-state index contributed by atoms with van der Waals surface area (Å²) >= 11 is 5.74. The van der Waals surface area contributed by atoms with Crippen LogP contribution in [0, 0.1) is 11.9 Å². The molecule has 0 aliphatic heterocycles. The Morgan fingerprint density at radius 1 is 1.12 bits per heavy atom. The Balaban J connectivity index is 2.23. The van der Waals surface area contributed by atoms with E-state index < -0.39 is 5.82 Å². The van der Waals surface area contributed by atoms with Crippen molar-refractivity contribution < 1.29 is 14.2 Å². The molecule has 0 amide bonds. The Morgan fingerprint density at radius 2 is 1.81 bits per heavy atom. The van der Waals surface area contributed by atoms with Crippen molar-refractivity contribution in [2.75, 3.05) is 0 Å². The van der Waals surface area contributed by atoms with Crippen molar-refractivity contribution >= 4 is 11.6 Å². The normalized spacial score (nSPS) is 10.1. The summed E-state index contributed by atoms with van der Waals surface area (Å²) in [7, 11) is 0. The van der Waals surface area contributed by atoms with Gasteiger partial charge < -0.3 is 9.84 Å². The summed E-state index contributed by atoms with van der Waals surface area (Å²) in [6.07, 6.45) is 0. The smallest absolute Gasteiger partial charge is 0.146 e. The molecule has 0 fully saturated rings. The van der Waals surface area contributed by atoms with E-state index in [0.717, 1.165) is 0 Å². The van der Waals surface area contributed by atoms with Crippen LogP contribution >= 0.6 is 11.6 Å². The molecule has 1 radical (unpaired) electrons. The topological polar surface area (TPSA) is 29.5 Å². The molecular weight excluding hydrogens is 231 g/mol. The zero-order valence-electron chi connectivity index (χ0n) is 8.08. The second kappa shape index (κ2) is 4.41. The molecule has 0 heterocycles. The Labute approximate surface area is 96.9 Å². The molecule has 0 saturated heterocycles. The third kappa shape index (κ3) is 2.44. The highest BCUT2D eigenvalue weighted by molar-refractivity contribution is 6.31. The third-order valence-corrected chi connectivity index (χ3v) is 2.17. The molecule has 81 valence electrons. The van der Waals surface area contributed by atoms with Crippen LogP contribution in [0.3, 0.4) is 0 Å². The van der Waals surface area contributed by atoms with Crippen molar-refractivity contribution in [1.29, 1.82) is 0 Å². The van der Waals surface area contributed by atoms with Crippen LogP contribution in [0.2, 0.25) is 5.02 Å². The summed E-state index contributed by atoms with van der Waals surface area (Å²) < 4.78 is 18.1. The number of aromatic hydroxyl groups is 1. The minimum absolute atomic E-state index is 0.0769. The number of halogens is 2. The highest BCUT2D eigenvalue weighted by atomic mass is 35.5. The largest absolute Gasteiger partial charge is 0.508 e. The van der Waals surface area contributed by atoms with E-state index >= 15 is 0 Å². The van der Waals surface area contributed by atoms with Crippen LogP contribution in [0.1, 0.15) is 0 Å². The molecule has 0 saturated carbocycles. The molecule has 0 aromatic heterocycles. The maximum absolute atomic E-state index is 12.7. The first kappa shape index (κ1) is 10.8. The predicted molar refractivity (Wildman–Crippen MR) is 58.4 cm³/mol.